The summed E-state index contributed by atoms with van der Waals surface area (Å²) in [5.74, 6) is 0.364. The van der Waals surface area contributed by atoms with Gasteiger partial charge in [-0.1, -0.05) is 30.3 Å². The van der Waals surface area contributed by atoms with Gasteiger partial charge in [0.05, 0.1) is 5.52 Å². The molecule has 0 amide bonds. The predicted octanol–water partition coefficient (Wildman–Crippen LogP) is 4.35. The molecule has 2 aromatic carbocycles. The standard InChI is InChI=1S/C23H25N3O2/c27-23-26(21-8-3-4-9-22(21)28-23)13-5-12-25-14-10-17(11-15-25)20-16-18-6-1-2-7-19(18)24-20/h1-4,6-9,16-17,24H,5,10-15H2. The molecular weight excluding hydrogens is 350 g/mol. The monoisotopic (exact) mass is 375 g/mol. The van der Waals surface area contributed by atoms with Crippen molar-refractivity contribution >= 4 is 22.0 Å². The molecule has 5 heteroatoms. The number of oxazole rings is 1. The predicted molar refractivity (Wildman–Crippen MR) is 112 cm³/mol. The Morgan fingerprint density at radius 2 is 1.79 bits per heavy atom. The number of nitrogens with one attached hydrogen (secondary N) is 1. The number of rotatable bonds is 5. The first-order chi connectivity index (χ1) is 13.8. The lowest BCUT2D eigenvalue weighted by Crippen LogP contribution is -2.34. The molecule has 28 heavy (non-hydrogen) atoms. The minimum atomic E-state index is -0.251. The lowest BCUT2D eigenvalue weighted by Gasteiger charge is -2.31. The number of benzene rings is 2. The van der Waals surface area contributed by atoms with Crippen LogP contribution in [0.15, 0.2) is 63.8 Å². The first kappa shape index (κ1) is 17.3. The molecule has 144 valence electrons. The van der Waals surface area contributed by atoms with E-state index in [1.165, 1.54) is 29.4 Å². The highest BCUT2D eigenvalue weighted by Gasteiger charge is 2.21. The Morgan fingerprint density at radius 3 is 2.64 bits per heavy atom. The Balaban J connectivity index is 1.16. The number of para-hydroxylation sites is 3. The van der Waals surface area contributed by atoms with Gasteiger partial charge in [-0.05, 0) is 68.5 Å². The van der Waals surface area contributed by atoms with Crippen molar-refractivity contribution in [3.63, 3.8) is 0 Å². The largest absolute Gasteiger partial charge is 0.419 e. The minimum Gasteiger partial charge on any atom is -0.408 e. The maximum atomic E-state index is 12.1. The number of H-pyrrole nitrogens is 1. The van der Waals surface area contributed by atoms with Crippen molar-refractivity contribution < 1.29 is 4.42 Å². The highest BCUT2D eigenvalue weighted by Crippen LogP contribution is 2.29. The van der Waals surface area contributed by atoms with Gasteiger partial charge in [0.2, 0.25) is 0 Å². The van der Waals surface area contributed by atoms with E-state index >= 15 is 0 Å². The Labute approximate surface area is 163 Å². The number of nitrogens with zero attached hydrogens (tertiary/aromatic N) is 2. The quantitative estimate of drug-likeness (QED) is 0.564. The van der Waals surface area contributed by atoms with E-state index in [4.69, 9.17) is 4.42 Å². The Kier molecular flexibility index (Phi) is 4.53. The van der Waals surface area contributed by atoms with Crippen LogP contribution in [0, 0.1) is 0 Å². The van der Waals surface area contributed by atoms with Crippen LogP contribution in [0.3, 0.4) is 0 Å². The lowest BCUT2D eigenvalue weighted by molar-refractivity contribution is 0.205. The molecule has 0 saturated carbocycles. The average Bonchev–Trinajstić information content (AvgIpc) is 3.29. The van der Waals surface area contributed by atoms with Crippen molar-refractivity contribution in [1.82, 2.24) is 14.5 Å². The molecule has 0 unspecified atom stereocenters. The molecular formula is C23H25N3O2. The Hall–Kier alpha value is -2.79. The summed E-state index contributed by atoms with van der Waals surface area (Å²) in [5.41, 5.74) is 4.17. The van der Waals surface area contributed by atoms with Gasteiger partial charge in [0.15, 0.2) is 5.58 Å². The second-order valence-corrected chi connectivity index (χ2v) is 7.77. The van der Waals surface area contributed by atoms with Crippen molar-refractivity contribution in [3.05, 3.63) is 70.8 Å². The van der Waals surface area contributed by atoms with Gasteiger partial charge in [-0.2, -0.15) is 0 Å². The zero-order valence-corrected chi connectivity index (χ0v) is 15.9. The summed E-state index contributed by atoms with van der Waals surface area (Å²) in [4.78, 5) is 18.2. The summed E-state index contributed by atoms with van der Waals surface area (Å²) >= 11 is 0. The van der Waals surface area contributed by atoms with Gasteiger partial charge >= 0.3 is 5.76 Å². The third kappa shape index (κ3) is 3.27. The van der Waals surface area contributed by atoms with Crippen LogP contribution in [0.2, 0.25) is 0 Å². The topological polar surface area (TPSA) is 54.2 Å². The average molecular weight is 375 g/mol. The molecule has 0 spiro atoms. The molecule has 3 heterocycles. The van der Waals surface area contributed by atoms with Crippen molar-refractivity contribution in [2.75, 3.05) is 19.6 Å². The number of aryl methyl sites for hydroxylation is 1. The van der Waals surface area contributed by atoms with E-state index in [9.17, 15) is 4.79 Å². The highest BCUT2D eigenvalue weighted by atomic mass is 16.4. The molecule has 2 aromatic heterocycles. The van der Waals surface area contributed by atoms with E-state index < -0.39 is 0 Å². The van der Waals surface area contributed by atoms with Gasteiger partial charge in [-0.25, -0.2) is 4.79 Å². The summed E-state index contributed by atoms with van der Waals surface area (Å²) in [6, 6.07) is 18.5. The molecule has 1 fully saturated rings. The highest BCUT2D eigenvalue weighted by molar-refractivity contribution is 5.80. The number of aromatic nitrogens is 2. The van der Waals surface area contributed by atoms with Crippen LogP contribution >= 0.6 is 0 Å². The fourth-order valence-corrected chi connectivity index (χ4v) is 4.46. The van der Waals surface area contributed by atoms with Crippen LogP contribution in [-0.2, 0) is 6.54 Å². The van der Waals surface area contributed by atoms with Gasteiger partial charge in [0.25, 0.3) is 0 Å². The van der Waals surface area contributed by atoms with E-state index in [0.29, 0.717) is 18.0 Å². The van der Waals surface area contributed by atoms with Crippen LogP contribution in [0.5, 0.6) is 0 Å². The van der Waals surface area contributed by atoms with Gasteiger partial charge in [0.1, 0.15) is 0 Å². The van der Waals surface area contributed by atoms with Gasteiger partial charge < -0.3 is 14.3 Å². The van der Waals surface area contributed by atoms with E-state index in [1.807, 2.05) is 24.3 Å². The van der Waals surface area contributed by atoms with E-state index in [-0.39, 0.29) is 5.76 Å². The number of piperidine rings is 1. The molecule has 0 atom stereocenters. The summed E-state index contributed by atoms with van der Waals surface area (Å²) in [5, 5.41) is 1.30. The van der Waals surface area contributed by atoms with E-state index in [0.717, 1.165) is 31.6 Å². The fraction of sp³-hybridized carbons (Fsp3) is 0.348. The van der Waals surface area contributed by atoms with Crippen molar-refractivity contribution in [2.24, 2.45) is 0 Å². The van der Waals surface area contributed by atoms with E-state index in [1.54, 1.807) is 4.57 Å². The number of hydrogen-bond acceptors (Lipinski definition) is 3. The number of aromatic amines is 1. The maximum absolute atomic E-state index is 12.1. The van der Waals surface area contributed by atoms with Gasteiger partial charge in [0, 0.05) is 23.7 Å². The zero-order chi connectivity index (χ0) is 18.9. The molecule has 0 bridgehead atoms. The Bertz CT molecular complexity index is 1110. The molecule has 1 saturated heterocycles. The second kappa shape index (κ2) is 7.32. The lowest BCUT2D eigenvalue weighted by atomic mass is 9.93. The maximum Gasteiger partial charge on any atom is 0.419 e. The van der Waals surface area contributed by atoms with Crippen LogP contribution in [0.4, 0.5) is 0 Å². The second-order valence-electron chi connectivity index (χ2n) is 7.77. The Morgan fingerprint density at radius 1 is 1.00 bits per heavy atom. The van der Waals surface area contributed by atoms with E-state index in [2.05, 4.69) is 40.2 Å². The fourth-order valence-electron chi connectivity index (χ4n) is 4.46. The normalized spacial score (nSPS) is 16.3. The summed E-state index contributed by atoms with van der Waals surface area (Å²) in [6.07, 6.45) is 3.32. The number of hydrogen-bond donors (Lipinski definition) is 1. The molecule has 1 N–H and O–H groups in total. The minimum absolute atomic E-state index is 0.251. The van der Waals surface area contributed by atoms with Crippen LogP contribution in [0.1, 0.15) is 30.9 Å². The van der Waals surface area contributed by atoms with Crippen LogP contribution in [-0.4, -0.2) is 34.1 Å². The van der Waals surface area contributed by atoms with Crippen molar-refractivity contribution in [1.29, 1.82) is 0 Å². The van der Waals surface area contributed by atoms with Crippen molar-refractivity contribution in [3.8, 4) is 0 Å². The van der Waals surface area contributed by atoms with Crippen molar-refractivity contribution in [2.45, 2.75) is 31.7 Å². The first-order valence-electron chi connectivity index (χ1n) is 10.2. The first-order valence-corrected chi connectivity index (χ1v) is 10.2. The molecule has 5 rings (SSSR count). The molecule has 4 aromatic rings. The number of fused-ring (bicyclic) bond motifs is 2. The molecule has 0 radical (unpaired) electrons. The van der Waals surface area contributed by atoms with Crippen LogP contribution in [0.25, 0.3) is 22.0 Å². The summed E-state index contributed by atoms with van der Waals surface area (Å²) in [7, 11) is 0. The molecule has 0 aliphatic carbocycles. The van der Waals surface area contributed by atoms with Gasteiger partial charge in [-0.3, -0.25) is 4.57 Å². The molecule has 1 aliphatic heterocycles. The third-order valence-corrected chi connectivity index (χ3v) is 6.01. The zero-order valence-electron chi connectivity index (χ0n) is 15.9. The summed E-state index contributed by atoms with van der Waals surface area (Å²) in [6.45, 7) is 3.95. The molecule has 1 aliphatic rings. The van der Waals surface area contributed by atoms with Gasteiger partial charge in [-0.15, -0.1) is 0 Å². The van der Waals surface area contributed by atoms with Crippen LogP contribution < -0.4 is 5.76 Å². The smallest absolute Gasteiger partial charge is 0.408 e. The third-order valence-electron chi connectivity index (χ3n) is 6.01. The number of likely N-dealkylation sites (tertiary alicyclic amines) is 1. The summed E-state index contributed by atoms with van der Waals surface area (Å²) < 4.78 is 7.08. The SMILES string of the molecule is O=c1oc2ccccc2n1CCCN1CCC(c2cc3ccccc3[nH]2)CC1. The molecule has 5 nitrogen and oxygen atoms in total.